The molecule has 0 spiro atoms. The normalized spacial score (nSPS) is 18.6. The van der Waals surface area contributed by atoms with Gasteiger partial charge < -0.3 is 10.6 Å². The Labute approximate surface area is 172 Å². The molecular weight excluding hydrogens is 410 g/mol. The van der Waals surface area contributed by atoms with Crippen LogP contribution in [0.2, 0.25) is 5.02 Å². The molecule has 10 heteroatoms. The number of anilines is 1. The van der Waals surface area contributed by atoms with Crippen molar-refractivity contribution in [2.75, 3.05) is 5.32 Å². The average Bonchev–Trinajstić information content (AvgIpc) is 2.65. The van der Waals surface area contributed by atoms with Crippen LogP contribution in [-0.2, 0) is 0 Å². The first-order valence-electron chi connectivity index (χ1n) is 8.55. The van der Waals surface area contributed by atoms with Crippen molar-refractivity contribution in [3.63, 3.8) is 0 Å². The number of nitrogens with zero attached hydrogens (tertiary/aromatic N) is 2. The average molecular weight is 429 g/mol. The van der Waals surface area contributed by atoms with E-state index < -0.39 is 10.7 Å². The molecule has 2 aromatic rings. The molecule has 1 aromatic heterocycles. The third kappa shape index (κ3) is 5.53. The van der Waals surface area contributed by atoms with E-state index in [1.165, 1.54) is 36.5 Å². The number of hydrogen-bond donors (Lipinski definition) is 2. The van der Waals surface area contributed by atoms with Crippen LogP contribution in [0.4, 0.5) is 15.9 Å². The number of nitro groups is 1. The van der Waals surface area contributed by atoms with Gasteiger partial charge in [-0.3, -0.25) is 14.9 Å². The number of rotatable bonds is 5. The van der Waals surface area contributed by atoms with Crippen molar-refractivity contribution >= 4 is 41.4 Å². The molecule has 0 radical (unpaired) electrons. The van der Waals surface area contributed by atoms with Crippen LogP contribution in [0.5, 0.6) is 0 Å². The molecule has 7 nitrogen and oxygen atoms in total. The number of carbonyl (C=O) groups excluding carboxylic acids is 1. The third-order valence-electron chi connectivity index (χ3n) is 4.55. The number of hydrogen-bond acceptors (Lipinski definition) is 5. The van der Waals surface area contributed by atoms with E-state index in [0.717, 1.165) is 25.7 Å². The first kappa shape index (κ1) is 21.8. The van der Waals surface area contributed by atoms with E-state index in [1.54, 1.807) is 0 Å². The van der Waals surface area contributed by atoms with Gasteiger partial charge in [0.1, 0.15) is 11.6 Å². The maximum atomic E-state index is 13.2. The Balaban J connectivity index is 0.00000280. The molecule has 0 saturated heterocycles. The van der Waals surface area contributed by atoms with Crippen LogP contribution in [0, 0.1) is 15.9 Å². The summed E-state index contributed by atoms with van der Waals surface area (Å²) in [6.45, 7) is 0. The molecule has 150 valence electrons. The molecule has 28 heavy (non-hydrogen) atoms. The number of aromatic nitrogens is 1. The fraction of sp³-hybridized carbons (Fsp3) is 0.333. The van der Waals surface area contributed by atoms with Crippen molar-refractivity contribution in [2.24, 2.45) is 0 Å². The number of amides is 1. The Morgan fingerprint density at radius 2 is 1.86 bits per heavy atom. The van der Waals surface area contributed by atoms with Crippen molar-refractivity contribution in [1.29, 1.82) is 0 Å². The van der Waals surface area contributed by atoms with Crippen molar-refractivity contribution in [1.82, 2.24) is 10.3 Å². The summed E-state index contributed by atoms with van der Waals surface area (Å²) in [5.74, 6) is -0.374. The van der Waals surface area contributed by atoms with Crippen molar-refractivity contribution in [3.05, 3.63) is 63.0 Å². The van der Waals surface area contributed by atoms with Gasteiger partial charge in [0.05, 0.1) is 16.0 Å². The van der Waals surface area contributed by atoms with Gasteiger partial charge >= 0.3 is 0 Å². The van der Waals surface area contributed by atoms with E-state index in [4.69, 9.17) is 11.6 Å². The van der Waals surface area contributed by atoms with Crippen LogP contribution in [0.3, 0.4) is 0 Å². The summed E-state index contributed by atoms with van der Waals surface area (Å²) in [7, 11) is 0. The van der Waals surface area contributed by atoms with Gasteiger partial charge in [-0.15, -0.1) is 12.4 Å². The van der Waals surface area contributed by atoms with E-state index in [-0.39, 0.29) is 41.1 Å². The first-order valence-corrected chi connectivity index (χ1v) is 8.93. The SMILES string of the molecule is Cl.O=C(N[C@H]1CC[C@@H](Nc2cc([N+](=O)[O-])ccn2)CC1)c1ccc(F)c(Cl)c1. The van der Waals surface area contributed by atoms with Gasteiger partial charge in [0, 0.05) is 29.9 Å². The summed E-state index contributed by atoms with van der Waals surface area (Å²) in [5.41, 5.74) is 0.314. The largest absolute Gasteiger partial charge is 0.367 e. The number of halogens is 3. The minimum absolute atomic E-state index is 0. The van der Waals surface area contributed by atoms with Gasteiger partial charge in [-0.1, -0.05) is 11.6 Å². The zero-order valence-corrected chi connectivity index (χ0v) is 16.3. The van der Waals surface area contributed by atoms with Crippen LogP contribution >= 0.6 is 24.0 Å². The van der Waals surface area contributed by atoms with Crippen LogP contribution < -0.4 is 10.6 Å². The Bertz CT molecular complexity index is 860. The monoisotopic (exact) mass is 428 g/mol. The Morgan fingerprint density at radius 3 is 2.50 bits per heavy atom. The predicted octanol–water partition coefficient (Wildman–Crippen LogP) is 4.36. The lowest BCUT2D eigenvalue weighted by Gasteiger charge is -2.30. The third-order valence-corrected chi connectivity index (χ3v) is 4.84. The van der Waals surface area contributed by atoms with Crippen molar-refractivity contribution in [3.8, 4) is 0 Å². The van der Waals surface area contributed by atoms with Gasteiger partial charge in [-0.2, -0.15) is 0 Å². The smallest absolute Gasteiger partial charge is 0.274 e. The van der Waals surface area contributed by atoms with E-state index in [0.29, 0.717) is 11.4 Å². The van der Waals surface area contributed by atoms with Crippen LogP contribution in [-0.4, -0.2) is 27.9 Å². The molecule has 0 aliphatic heterocycles. The lowest BCUT2D eigenvalue weighted by molar-refractivity contribution is -0.384. The summed E-state index contributed by atoms with van der Waals surface area (Å²) < 4.78 is 13.2. The Hall–Kier alpha value is -2.45. The molecule has 1 fully saturated rings. The quantitative estimate of drug-likeness (QED) is 0.544. The number of benzene rings is 1. The molecule has 1 amide bonds. The highest BCUT2D eigenvalue weighted by atomic mass is 35.5. The molecule has 0 bridgehead atoms. The fourth-order valence-electron chi connectivity index (χ4n) is 3.11. The summed E-state index contributed by atoms with van der Waals surface area (Å²) >= 11 is 5.72. The van der Waals surface area contributed by atoms with Gasteiger partial charge in [0.25, 0.3) is 11.6 Å². The topological polar surface area (TPSA) is 97.2 Å². The van der Waals surface area contributed by atoms with Crippen LogP contribution in [0.15, 0.2) is 36.5 Å². The van der Waals surface area contributed by atoms with Gasteiger partial charge in [-0.25, -0.2) is 9.37 Å². The summed E-state index contributed by atoms with van der Waals surface area (Å²) in [5, 5.41) is 16.9. The van der Waals surface area contributed by atoms with E-state index in [2.05, 4.69) is 15.6 Å². The highest BCUT2D eigenvalue weighted by Gasteiger charge is 2.23. The lowest BCUT2D eigenvalue weighted by Crippen LogP contribution is -2.40. The van der Waals surface area contributed by atoms with Gasteiger partial charge in [-0.05, 0) is 43.9 Å². The van der Waals surface area contributed by atoms with E-state index in [1.807, 2.05) is 0 Å². The lowest BCUT2D eigenvalue weighted by atomic mass is 9.91. The predicted molar refractivity (Wildman–Crippen MR) is 107 cm³/mol. The van der Waals surface area contributed by atoms with E-state index in [9.17, 15) is 19.3 Å². The second-order valence-electron chi connectivity index (χ2n) is 6.45. The molecule has 1 saturated carbocycles. The Morgan fingerprint density at radius 1 is 1.18 bits per heavy atom. The van der Waals surface area contributed by atoms with Crippen molar-refractivity contribution in [2.45, 2.75) is 37.8 Å². The van der Waals surface area contributed by atoms with Gasteiger partial charge in [0.15, 0.2) is 0 Å². The zero-order valence-electron chi connectivity index (χ0n) is 14.7. The molecule has 0 unspecified atom stereocenters. The first-order chi connectivity index (χ1) is 12.9. The second-order valence-corrected chi connectivity index (χ2v) is 6.86. The summed E-state index contributed by atoms with van der Waals surface area (Å²) in [6.07, 6.45) is 4.50. The summed E-state index contributed by atoms with van der Waals surface area (Å²) in [6, 6.07) is 6.78. The molecular formula is C18H19Cl2FN4O3. The minimum Gasteiger partial charge on any atom is -0.367 e. The molecule has 1 aliphatic rings. The second kappa shape index (κ2) is 9.66. The van der Waals surface area contributed by atoms with Gasteiger partial charge in [0.2, 0.25) is 0 Å². The highest BCUT2D eigenvalue weighted by molar-refractivity contribution is 6.31. The highest BCUT2D eigenvalue weighted by Crippen LogP contribution is 2.24. The van der Waals surface area contributed by atoms with E-state index >= 15 is 0 Å². The zero-order chi connectivity index (χ0) is 19.4. The van der Waals surface area contributed by atoms with Crippen LogP contribution in [0.1, 0.15) is 36.0 Å². The molecule has 1 aliphatic carbocycles. The molecule has 1 heterocycles. The molecule has 0 atom stereocenters. The Kier molecular flexibility index (Phi) is 7.53. The fourth-order valence-corrected chi connectivity index (χ4v) is 3.29. The maximum absolute atomic E-state index is 13.2. The molecule has 3 rings (SSSR count). The van der Waals surface area contributed by atoms with Crippen molar-refractivity contribution < 1.29 is 14.1 Å². The number of pyridine rings is 1. The molecule has 2 N–H and O–H groups in total. The standard InChI is InChI=1S/C18H18ClFN4O3.ClH/c19-15-9-11(1-6-16(15)20)18(25)23-13-4-2-12(3-5-13)22-17-10-14(24(26)27)7-8-21-17;/h1,6-10,12-13H,2-5H2,(H,21,22)(H,23,25);1H/t12-,13+;. The van der Waals surface area contributed by atoms with Crippen LogP contribution in [0.25, 0.3) is 0 Å². The molecule has 1 aromatic carbocycles. The summed E-state index contributed by atoms with van der Waals surface area (Å²) in [4.78, 5) is 26.7. The number of nitrogens with one attached hydrogen (secondary N) is 2. The minimum atomic E-state index is -0.561. The maximum Gasteiger partial charge on any atom is 0.274 e. The number of carbonyl (C=O) groups is 1.